The minimum absolute atomic E-state index is 0.281. The van der Waals surface area contributed by atoms with Crippen LogP contribution in [0.2, 0.25) is 0 Å². The second-order valence-electron chi connectivity index (χ2n) is 3.19. The van der Waals surface area contributed by atoms with E-state index in [0.717, 1.165) is 12.0 Å². The molecule has 1 amide bonds. The summed E-state index contributed by atoms with van der Waals surface area (Å²) in [5, 5.41) is 0. The van der Waals surface area contributed by atoms with Crippen molar-refractivity contribution in [1.82, 2.24) is 0 Å². The van der Waals surface area contributed by atoms with Crippen molar-refractivity contribution in [2.45, 2.75) is 33.1 Å². The van der Waals surface area contributed by atoms with E-state index in [1.807, 2.05) is 26.0 Å². The van der Waals surface area contributed by atoms with Crippen LogP contribution in [0.25, 0.3) is 0 Å². The lowest BCUT2D eigenvalue weighted by Crippen LogP contribution is -2.11. The first-order valence-corrected chi connectivity index (χ1v) is 5.99. The van der Waals surface area contributed by atoms with Crippen LogP contribution in [0, 0.1) is 0 Å². The topological polar surface area (TPSA) is 52.3 Å². The van der Waals surface area contributed by atoms with Gasteiger partial charge in [-0.15, -0.1) is 0 Å². The lowest BCUT2D eigenvalue weighted by atomic mass is 10.2. The van der Waals surface area contributed by atoms with E-state index in [9.17, 15) is 4.79 Å². The fourth-order valence-corrected chi connectivity index (χ4v) is 0.941. The highest BCUT2D eigenvalue weighted by Gasteiger charge is 1.94. The largest absolute Gasteiger partial charge is 0.381 e. The minimum Gasteiger partial charge on any atom is -0.381 e. The van der Waals surface area contributed by atoms with E-state index in [1.54, 1.807) is 6.08 Å². The molecule has 0 atom stereocenters. The average molecular weight is 239 g/mol. The summed E-state index contributed by atoms with van der Waals surface area (Å²) in [5.74, 6) is -0.281. The normalized spacial score (nSPS) is 9.53. The monoisotopic (exact) mass is 239 g/mol. The standard InChI is InChI=1S/C12H19NO2.C2H6/c1-3-4-6-11(2)8-10-15-9-5-7-12(13)14;1-2/h3-4,6H,1-2,5,7-10H2,(H2,13,14);1-2H3/b6-4-;. The zero-order valence-electron chi connectivity index (χ0n) is 11.1. The second kappa shape index (κ2) is 14.6. The molecular formula is C14H25NO2. The zero-order chi connectivity index (χ0) is 13.5. The molecule has 0 aromatic rings. The van der Waals surface area contributed by atoms with Crippen molar-refractivity contribution in [2.24, 2.45) is 5.73 Å². The number of allylic oxidation sites excluding steroid dienone is 3. The maximum atomic E-state index is 10.4. The Kier molecular flexibility index (Phi) is 15.5. The number of carbonyl (C=O) groups is 1. The Balaban J connectivity index is 0. The van der Waals surface area contributed by atoms with Crippen molar-refractivity contribution in [3.05, 3.63) is 37.0 Å². The molecule has 0 aromatic carbocycles. The molecule has 0 aliphatic carbocycles. The number of nitrogens with two attached hydrogens (primary N) is 1. The lowest BCUT2D eigenvalue weighted by molar-refractivity contribution is -0.118. The summed E-state index contributed by atoms with van der Waals surface area (Å²) in [7, 11) is 0. The van der Waals surface area contributed by atoms with E-state index < -0.39 is 0 Å². The van der Waals surface area contributed by atoms with Crippen molar-refractivity contribution in [3.8, 4) is 0 Å². The number of primary amides is 1. The molecule has 2 N–H and O–H groups in total. The molecule has 0 spiro atoms. The van der Waals surface area contributed by atoms with Crippen LogP contribution >= 0.6 is 0 Å². The van der Waals surface area contributed by atoms with Crippen LogP contribution in [0.3, 0.4) is 0 Å². The number of carbonyl (C=O) groups excluding carboxylic acids is 1. The second-order valence-corrected chi connectivity index (χ2v) is 3.19. The Labute approximate surface area is 105 Å². The van der Waals surface area contributed by atoms with Gasteiger partial charge >= 0.3 is 0 Å². The Morgan fingerprint density at radius 1 is 1.29 bits per heavy atom. The van der Waals surface area contributed by atoms with Gasteiger partial charge in [0.25, 0.3) is 0 Å². The van der Waals surface area contributed by atoms with E-state index in [4.69, 9.17) is 10.5 Å². The smallest absolute Gasteiger partial charge is 0.217 e. The van der Waals surface area contributed by atoms with E-state index in [0.29, 0.717) is 26.1 Å². The number of rotatable bonds is 9. The molecule has 0 rings (SSSR count). The van der Waals surface area contributed by atoms with Gasteiger partial charge in [-0.1, -0.05) is 50.8 Å². The van der Waals surface area contributed by atoms with Gasteiger partial charge in [0.15, 0.2) is 0 Å². The fourth-order valence-electron chi connectivity index (χ4n) is 0.941. The molecule has 0 radical (unpaired) electrons. The number of amides is 1. The van der Waals surface area contributed by atoms with Gasteiger partial charge in [0.1, 0.15) is 0 Å². The highest BCUT2D eigenvalue weighted by molar-refractivity contribution is 5.73. The summed E-state index contributed by atoms with van der Waals surface area (Å²) in [6, 6.07) is 0. The molecule has 0 aliphatic heterocycles. The van der Waals surface area contributed by atoms with Crippen LogP contribution in [0.5, 0.6) is 0 Å². The SMILES string of the molecule is C=C/C=C\C(=C)CCOCCCC(N)=O.CC. The van der Waals surface area contributed by atoms with Gasteiger partial charge in [0.05, 0.1) is 6.61 Å². The van der Waals surface area contributed by atoms with Gasteiger partial charge in [-0.2, -0.15) is 0 Å². The summed E-state index contributed by atoms with van der Waals surface area (Å²) in [4.78, 5) is 10.4. The average Bonchev–Trinajstić information content (AvgIpc) is 2.33. The summed E-state index contributed by atoms with van der Waals surface area (Å²) < 4.78 is 5.31. The highest BCUT2D eigenvalue weighted by atomic mass is 16.5. The highest BCUT2D eigenvalue weighted by Crippen LogP contribution is 2.01. The first kappa shape index (κ1) is 18.0. The van der Waals surface area contributed by atoms with Gasteiger partial charge in [-0.05, 0) is 12.8 Å². The lowest BCUT2D eigenvalue weighted by Gasteiger charge is -2.02. The fraction of sp³-hybridized carbons (Fsp3) is 0.500. The first-order chi connectivity index (χ1) is 8.16. The van der Waals surface area contributed by atoms with Crippen LogP contribution < -0.4 is 5.73 Å². The molecule has 0 heterocycles. The van der Waals surface area contributed by atoms with Gasteiger partial charge in [0, 0.05) is 13.0 Å². The van der Waals surface area contributed by atoms with Gasteiger partial charge in [0.2, 0.25) is 5.91 Å². The third kappa shape index (κ3) is 17.3. The van der Waals surface area contributed by atoms with Crippen LogP contribution in [0.15, 0.2) is 37.0 Å². The maximum Gasteiger partial charge on any atom is 0.217 e. The van der Waals surface area contributed by atoms with Crippen LogP contribution in [0.1, 0.15) is 33.1 Å². The molecule has 98 valence electrons. The van der Waals surface area contributed by atoms with E-state index in [-0.39, 0.29) is 5.91 Å². The molecule has 3 heteroatoms. The Morgan fingerprint density at radius 2 is 1.94 bits per heavy atom. The quantitative estimate of drug-likeness (QED) is 0.497. The molecule has 17 heavy (non-hydrogen) atoms. The van der Waals surface area contributed by atoms with Crippen molar-refractivity contribution in [1.29, 1.82) is 0 Å². The Hall–Kier alpha value is -1.35. The van der Waals surface area contributed by atoms with Crippen LogP contribution in [-0.4, -0.2) is 19.1 Å². The van der Waals surface area contributed by atoms with Gasteiger partial charge in [-0.3, -0.25) is 4.79 Å². The zero-order valence-corrected chi connectivity index (χ0v) is 11.1. The number of ether oxygens (including phenoxy) is 1. The van der Waals surface area contributed by atoms with Crippen LogP contribution in [0.4, 0.5) is 0 Å². The summed E-state index contributed by atoms with van der Waals surface area (Å²) in [6.07, 6.45) is 7.32. The van der Waals surface area contributed by atoms with Crippen molar-refractivity contribution in [3.63, 3.8) is 0 Å². The predicted octanol–water partition coefficient (Wildman–Crippen LogP) is 2.98. The molecule has 0 aliphatic rings. The van der Waals surface area contributed by atoms with E-state index in [1.165, 1.54) is 0 Å². The molecule has 3 nitrogen and oxygen atoms in total. The Bertz CT molecular complexity index is 245. The minimum atomic E-state index is -0.281. The third-order valence-corrected chi connectivity index (χ3v) is 1.75. The summed E-state index contributed by atoms with van der Waals surface area (Å²) in [5.41, 5.74) is 5.99. The van der Waals surface area contributed by atoms with Crippen molar-refractivity contribution >= 4 is 5.91 Å². The first-order valence-electron chi connectivity index (χ1n) is 5.99. The molecule has 0 saturated heterocycles. The van der Waals surface area contributed by atoms with Gasteiger partial charge in [-0.25, -0.2) is 0 Å². The Morgan fingerprint density at radius 3 is 2.47 bits per heavy atom. The van der Waals surface area contributed by atoms with E-state index in [2.05, 4.69) is 13.2 Å². The van der Waals surface area contributed by atoms with Crippen molar-refractivity contribution < 1.29 is 9.53 Å². The summed E-state index contributed by atoms with van der Waals surface area (Å²) in [6.45, 7) is 12.6. The number of hydrogen-bond acceptors (Lipinski definition) is 2. The van der Waals surface area contributed by atoms with Gasteiger partial charge < -0.3 is 10.5 Å². The number of hydrogen-bond donors (Lipinski definition) is 1. The molecule has 0 bridgehead atoms. The third-order valence-electron chi connectivity index (χ3n) is 1.75. The molecule has 0 unspecified atom stereocenters. The van der Waals surface area contributed by atoms with Crippen molar-refractivity contribution in [2.75, 3.05) is 13.2 Å². The molecule has 0 saturated carbocycles. The maximum absolute atomic E-state index is 10.4. The predicted molar refractivity (Wildman–Crippen MR) is 73.7 cm³/mol. The summed E-state index contributed by atoms with van der Waals surface area (Å²) >= 11 is 0. The molecule has 0 fully saturated rings. The van der Waals surface area contributed by atoms with E-state index >= 15 is 0 Å². The molecular weight excluding hydrogens is 214 g/mol. The van der Waals surface area contributed by atoms with Crippen LogP contribution in [-0.2, 0) is 9.53 Å². The molecule has 0 aromatic heterocycles.